The van der Waals surface area contributed by atoms with E-state index in [-0.39, 0.29) is 12.0 Å². The number of nitro groups is 1. The zero-order chi connectivity index (χ0) is 14.0. The minimum atomic E-state index is -4.77. The van der Waals surface area contributed by atoms with Gasteiger partial charge in [-0.2, -0.15) is 13.2 Å². The first-order chi connectivity index (χ1) is 8.88. The van der Waals surface area contributed by atoms with E-state index >= 15 is 0 Å². The van der Waals surface area contributed by atoms with E-state index in [1.54, 1.807) is 0 Å². The van der Waals surface area contributed by atoms with Crippen LogP contribution in [0.15, 0.2) is 18.2 Å². The quantitative estimate of drug-likeness (QED) is 0.629. The summed E-state index contributed by atoms with van der Waals surface area (Å²) in [7, 11) is 0. The first kappa shape index (κ1) is 13.8. The molecule has 1 heterocycles. The first-order valence-electron chi connectivity index (χ1n) is 5.45. The van der Waals surface area contributed by atoms with Crippen LogP contribution in [0.25, 0.3) is 0 Å². The van der Waals surface area contributed by atoms with Gasteiger partial charge in [-0.3, -0.25) is 10.1 Å². The van der Waals surface area contributed by atoms with Crippen LogP contribution in [0.5, 0.6) is 0 Å². The van der Waals surface area contributed by atoms with Gasteiger partial charge in [-0.15, -0.1) is 0 Å². The molecule has 1 fully saturated rings. The third-order valence-corrected chi connectivity index (χ3v) is 2.66. The van der Waals surface area contributed by atoms with Crippen molar-refractivity contribution in [2.45, 2.75) is 18.9 Å². The molecule has 1 aromatic rings. The van der Waals surface area contributed by atoms with Crippen LogP contribution in [0.1, 0.15) is 11.1 Å². The lowest BCUT2D eigenvalue weighted by atomic mass is 10.1. The monoisotopic (exact) mass is 277 g/mol. The van der Waals surface area contributed by atoms with Crippen LogP contribution < -0.4 is 0 Å². The van der Waals surface area contributed by atoms with E-state index in [9.17, 15) is 23.3 Å². The molecule has 2 rings (SSSR count). The van der Waals surface area contributed by atoms with Gasteiger partial charge >= 0.3 is 6.18 Å². The number of nitro benzene ring substituents is 1. The molecule has 0 aliphatic carbocycles. The normalized spacial score (nSPS) is 16.8. The molecule has 0 saturated carbocycles. The lowest BCUT2D eigenvalue weighted by Crippen LogP contribution is -2.14. The molecular weight excluding hydrogens is 267 g/mol. The molecule has 0 bridgehead atoms. The largest absolute Gasteiger partial charge is 0.423 e. The van der Waals surface area contributed by atoms with E-state index in [1.165, 1.54) is 6.07 Å². The van der Waals surface area contributed by atoms with Crippen LogP contribution in [-0.4, -0.2) is 24.4 Å². The summed E-state index contributed by atoms with van der Waals surface area (Å²) in [5.41, 5.74) is -1.93. The lowest BCUT2D eigenvalue weighted by molar-refractivity contribution is -0.388. The molecule has 104 valence electrons. The fourth-order valence-electron chi connectivity index (χ4n) is 1.81. The van der Waals surface area contributed by atoms with E-state index in [1.807, 2.05) is 0 Å². The topological polar surface area (TPSA) is 61.6 Å². The van der Waals surface area contributed by atoms with Gasteiger partial charge < -0.3 is 9.47 Å². The zero-order valence-corrected chi connectivity index (χ0v) is 9.64. The lowest BCUT2D eigenvalue weighted by Gasteiger charge is -2.12. The Hall–Kier alpha value is -1.67. The van der Waals surface area contributed by atoms with Crippen molar-refractivity contribution >= 4 is 5.69 Å². The second kappa shape index (κ2) is 5.14. The number of benzene rings is 1. The van der Waals surface area contributed by atoms with Crippen LogP contribution in [-0.2, 0) is 22.1 Å². The summed E-state index contributed by atoms with van der Waals surface area (Å²) >= 11 is 0. The number of hydrogen-bond acceptors (Lipinski definition) is 4. The van der Waals surface area contributed by atoms with E-state index in [2.05, 4.69) is 0 Å². The van der Waals surface area contributed by atoms with Crippen LogP contribution in [0.3, 0.4) is 0 Å². The second-order valence-electron chi connectivity index (χ2n) is 3.98. The first-order valence-corrected chi connectivity index (χ1v) is 5.45. The van der Waals surface area contributed by atoms with Crippen molar-refractivity contribution in [2.24, 2.45) is 0 Å². The molecule has 0 aromatic heterocycles. The van der Waals surface area contributed by atoms with Crippen LogP contribution in [0.4, 0.5) is 18.9 Å². The molecule has 0 N–H and O–H groups in total. The highest BCUT2D eigenvalue weighted by Gasteiger charge is 2.38. The number of rotatable bonds is 3. The van der Waals surface area contributed by atoms with Gasteiger partial charge in [0.15, 0.2) is 6.29 Å². The molecule has 0 unspecified atom stereocenters. The van der Waals surface area contributed by atoms with Gasteiger partial charge in [0.25, 0.3) is 5.69 Å². The Balaban J connectivity index is 2.29. The maximum absolute atomic E-state index is 12.7. The highest BCUT2D eigenvalue weighted by atomic mass is 19.4. The van der Waals surface area contributed by atoms with Crippen molar-refractivity contribution in [3.8, 4) is 0 Å². The van der Waals surface area contributed by atoms with Gasteiger partial charge in [-0.1, -0.05) is 6.07 Å². The van der Waals surface area contributed by atoms with Crippen molar-refractivity contribution in [3.63, 3.8) is 0 Å². The van der Waals surface area contributed by atoms with E-state index < -0.39 is 28.6 Å². The Kier molecular flexibility index (Phi) is 3.72. The van der Waals surface area contributed by atoms with Crippen molar-refractivity contribution in [2.75, 3.05) is 13.2 Å². The Labute approximate surface area is 106 Å². The van der Waals surface area contributed by atoms with Gasteiger partial charge in [-0.25, -0.2) is 0 Å². The zero-order valence-electron chi connectivity index (χ0n) is 9.64. The summed E-state index contributed by atoms with van der Waals surface area (Å²) in [6.07, 6.45) is -5.24. The Morgan fingerprint density at radius 1 is 1.32 bits per heavy atom. The van der Waals surface area contributed by atoms with Crippen molar-refractivity contribution in [3.05, 3.63) is 39.4 Å². The van der Waals surface area contributed by atoms with Crippen molar-refractivity contribution < 1.29 is 27.6 Å². The Morgan fingerprint density at radius 3 is 2.47 bits per heavy atom. The van der Waals surface area contributed by atoms with Gasteiger partial charge in [0.05, 0.1) is 18.1 Å². The van der Waals surface area contributed by atoms with Crippen LogP contribution in [0, 0.1) is 10.1 Å². The van der Waals surface area contributed by atoms with Crippen molar-refractivity contribution in [1.29, 1.82) is 0 Å². The minimum absolute atomic E-state index is 0.126. The van der Waals surface area contributed by atoms with E-state index in [0.29, 0.717) is 13.2 Å². The van der Waals surface area contributed by atoms with Crippen LogP contribution >= 0.6 is 0 Å². The SMILES string of the molecule is O=[N+]([O-])c1ccc(CC2OCCO2)cc1C(F)(F)F. The molecule has 1 aliphatic rings. The third-order valence-electron chi connectivity index (χ3n) is 2.66. The Bertz CT molecular complexity index is 483. The summed E-state index contributed by atoms with van der Waals surface area (Å²) < 4.78 is 48.5. The van der Waals surface area contributed by atoms with Gasteiger partial charge in [0.1, 0.15) is 5.56 Å². The minimum Gasteiger partial charge on any atom is -0.350 e. The molecule has 1 saturated heterocycles. The fourth-order valence-corrected chi connectivity index (χ4v) is 1.81. The highest BCUT2D eigenvalue weighted by Crippen LogP contribution is 2.36. The number of ether oxygens (including phenoxy) is 2. The number of nitrogens with zero attached hydrogens (tertiary/aromatic N) is 1. The molecule has 0 amide bonds. The predicted molar refractivity (Wildman–Crippen MR) is 57.5 cm³/mol. The molecule has 19 heavy (non-hydrogen) atoms. The summed E-state index contributed by atoms with van der Waals surface area (Å²) in [6, 6.07) is 2.90. The smallest absolute Gasteiger partial charge is 0.350 e. The molecule has 5 nitrogen and oxygen atoms in total. The summed E-state index contributed by atoms with van der Waals surface area (Å²) in [6.45, 7) is 0.785. The van der Waals surface area contributed by atoms with E-state index in [0.717, 1.165) is 12.1 Å². The molecule has 1 aromatic carbocycles. The summed E-state index contributed by atoms with van der Waals surface area (Å²) in [5.74, 6) is 0. The van der Waals surface area contributed by atoms with Gasteiger partial charge in [0.2, 0.25) is 0 Å². The molecular formula is C11H10F3NO4. The van der Waals surface area contributed by atoms with Crippen LogP contribution in [0.2, 0.25) is 0 Å². The number of alkyl halides is 3. The van der Waals surface area contributed by atoms with E-state index in [4.69, 9.17) is 9.47 Å². The van der Waals surface area contributed by atoms with Gasteiger partial charge in [-0.05, 0) is 11.6 Å². The highest BCUT2D eigenvalue weighted by molar-refractivity contribution is 5.44. The number of hydrogen-bond donors (Lipinski definition) is 0. The van der Waals surface area contributed by atoms with Gasteiger partial charge in [0, 0.05) is 12.5 Å². The fraction of sp³-hybridized carbons (Fsp3) is 0.455. The average Bonchev–Trinajstić information content (AvgIpc) is 2.80. The number of halogens is 3. The molecule has 8 heteroatoms. The second-order valence-corrected chi connectivity index (χ2v) is 3.98. The summed E-state index contributed by atoms with van der Waals surface area (Å²) in [5, 5.41) is 10.6. The molecule has 0 atom stereocenters. The standard InChI is InChI=1S/C11H10F3NO4/c12-11(13,14)8-5-7(1-2-9(8)15(16)17)6-10-18-3-4-19-10/h1-2,5,10H,3-4,6H2. The average molecular weight is 277 g/mol. The Morgan fingerprint density at radius 2 is 1.95 bits per heavy atom. The predicted octanol–water partition coefficient (Wildman–Crippen LogP) is 2.53. The third kappa shape index (κ3) is 3.21. The molecule has 0 spiro atoms. The summed E-state index contributed by atoms with van der Waals surface area (Å²) in [4.78, 5) is 9.53. The maximum Gasteiger partial charge on any atom is 0.423 e. The molecule has 1 aliphatic heterocycles. The molecule has 0 radical (unpaired) electrons. The van der Waals surface area contributed by atoms with Crippen molar-refractivity contribution in [1.82, 2.24) is 0 Å². The maximum atomic E-state index is 12.7.